The summed E-state index contributed by atoms with van der Waals surface area (Å²) in [5.41, 5.74) is 2.37. The molecule has 5 nitrogen and oxygen atoms in total. The van der Waals surface area contributed by atoms with E-state index < -0.39 is 0 Å². The molecular weight excluding hydrogens is 370 g/mol. The summed E-state index contributed by atoms with van der Waals surface area (Å²) in [6, 6.07) is 21.0. The number of hydrogen-bond acceptors (Lipinski definition) is 5. The summed E-state index contributed by atoms with van der Waals surface area (Å²) in [6.45, 7) is 0. The number of carbonyl (C=O) groups is 1. The van der Waals surface area contributed by atoms with Gasteiger partial charge < -0.3 is 4.74 Å². The average molecular weight is 387 g/mol. The van der Waals surface area contributed by atoms with E-state index in [1.165, 1.54) is 11.8 Å². The van der Waals surface area contributed by atoms with Gasteiger partial charge in [-0.05, 0) is 53.7 Å². The number of ether oxygens (including phenoxy) is 1. The molecule has 0 spiro atoms. The van der Waals surface area contributed by atoms with E-state index in [9.17, 15) is 4.79 Å². The van der Waals surface area contributed by atoms with E-state index >= 15 is 0 Å². The lowest BCUT2D eigenvalue weighted by Gasteiger charge is -2.15. The summed E-state index contributed by atoms with van der Waals surface area (Å²) in [7, 11) is 1.59. The van der Waals surface area contributed by atoms with Gasteiger partial charge in [0, 0.05) is 6.20 Å². The fraction of sp³-hybridized carbons (Fsp3) is 0.0455. The van der Waals surface area contributed by atoms with Gasteiger partial charge in [-0.25, -0.2) is 4.99 Å². The minimum Gasteiger partial charge on any atom is -0.495 e. The van der Waals surface area contributed by atoms with Crippen LogP contribution in [-0.4, -0.2) is 23.2 Å². The second kappa shape index (κ2) is 8.10. The highest BCUT2D eigenvalue weighted by molar-refractivity contribution is 8.19. The molecule has 0 aliphatic carbocycles. The number of hydrogen-bond donors (Lipinski definition) is 0. The number of aliphatic imine (C=N–C) groups is 1. The van der Waals surface area contributed by atoms with Gasteiger partial charge in [0.15, 0.2) is 5.17 Å². The summed E-state index contributed by atoms with van der Waals surface area (Å²) in [4.78, 5) is 24.2. The summed E-state index contributed by atoms with van der Waals surface area (Å²) in [6.07, 6.45) is 5.14. The van der Waals surface area contributed by atoms with Crippen molar-refractivity contribution in [2.75, 3.05) is 12.0 Å². The molecule has 0 N–H and O–H groups in total. The quantitative estimate of drug-likeness (QED) is 0.598. The number of para-hydroxylation sites is 2. The zero-order valence-electron chi connectivity index (χ0n) is 15.1. The van der Waals surface area contributed by atoms with Crippen molar-refractivity contribution < 1.29 is 9.53 Å². The lowest BCUT2D eigenvalue weighted by molar-refractivity contribution is -0.113. The molecule has 1 aromatic heterocycles. The fourth-order valence-corrected chi connectivity index (χ4v) is 3.74. The molecule has 0 atom stereocenters. The zero-order valence-corrected chi connectivity index (χ0v) is 16.0. The number of rotatable bonds is 4. The van der Waals surface area contributed by atoms with E-state index in [1.54, 1.807) is 24.4 Å². The number of carbonyl (C=O) groups excluding carboxylic acids is 1. The Bertz CT molecular complexity index is 1050. The third-order valence-corrected chi connectivity index (χ3v) is 5.04. The number of pyridine rings is 1. The van der Waals surface area contributed by atoms with Crippen LogP contribution in [0.3, 0.4) is 0 Å². The average Bonchev–Trinajstić information content (AvgIpc) is 3.04. The fourth-order valence-electron chi connectivity index (χ4n) is 2.74. The Morgan fingerprint density at radius 3 is 2.46 bits per heavy atom. The predicted molar refractivity (Wildman–Crippen MR) is 114 cm³/mol. The highest BCUT2D eigenvalue weighted by Crippen LogP contribution is 2.37. The van der Waals surface area contributed by atoms with Crippen molar-refractivity contribution in [3.05, 3.63) is 89.6 Å². The number of nitrogens with zero attached hydrogens (tertiary/aromatic N) is 3. The predicted octanol–water partition coefficient (Wildman–Crippen LogP) is 4.90. The van der Waals surface area contributed by atoms with Crippen LogP contribution in [-0.2, 0) is 4.79 Å². The van der Waals surface area contributed by atoms with Crippen molar-refractivity contribution in [3.63, 3.8) is 0 Å². The van der Waals surface area contributed by atoms with Crippen molar-refractivity contribution in [1.29, 1.82) is 0 Å². The van der Waals surface area contributed by atoms with E-state index in [2.05, 4.69) is 4.98 Å². The molecule has 1 aliphatic heterocycles. The summed E-state index contributed by atoms with van der Waals surface area (Å²) >= 11 is 1.34. The van der Waals surface area contributed by atoms with E-state index in [1.807, 2.05) is 72.8 Å². The normalized spacial score (nSPS) is 16.8. The van der Waals surface area contributed by atoms with E-state index in [0.29, 0.717) is 15.8 Å². The first-order valence-corrected chi connectivity index (χ1v) is 9.48. The van der Waals surface area contributed by atoms with Gasteiger partial charge in [-0.2, -0.15) is 0 Å². The lowest BCUT2D eigenvalue weighted by Crippen LogP contribution is -2.28. The molecule has 1 saturated heterocycles. The van der Waals surface area contributed by atoms with Crippen LogP contribution in [0.25, 0.3) is 6.08 Å². The largest absolute Gasteiger partial charge is 0.495 e. The number of anilines is 1. The summed E-state index contributed by atoms with van der Waals surface area (Å²) in [5.74, 6) is 0.525. The Kier molecular flexibility index (Phi) is 5.21. The standard InChI is InChI=1S/C22H17N3O2S/c1-27-19-12-16(14-23-15-19)13-20-21(26)25(18-10-6-3-7-11-18)22(28-20)24-17-8-4-2-5-9-17/h2-15H,1H3/b20-13-,24-22?. The van der Waals surface area contributed by atoms with Crippen LogP contribution in [0.4, 0.5) is 11.4 Å². The topological polar surface area (TPSA) is 54.8 Å². The molecular formula is C22H17N3O2S. The van der Waals surface area contributed by atoms with E-state index in [-0.39, 0.29) is 5.91 Å². The van der Waals surface area contributed by atoms with Gasteiger partial charge in [0.25, 0.3) is 5.91 Å². The molecule has 1 fully saturated rings. The van der Waals surface area contributed by atoms with Gasteiger partial charge in [0.1, 0.15) is 5.75 Å². The van der Waals surface area contributed by atoms with Gasteiger partial charge in [0.05, 0.1) is 29.6 Å². The lowest BCUT2D eigenvalue weighted by atomic mass is 10.2. The number of thioether (sulfide) groups is 1. The molecule has 138 valence electrons. The minimum absolute atomic E-state index is 0.117. The first-order valence-electron chi connectivity index (χ1n) is 8.66. The van der Waals surface area contributed by atoms with Crippen molar-refractivity contribution >= 4 is 40.3 Å². The van der Waals surface area contributed by atoms with Crippen molar-refractivity contribution in [2.24, 2.45) is 4.99 Å². The first-order chi connectivity index (χ1) is 13.7. The van der Waals surface area contributed by atoms with Gasteiger partial charge in [-0.1, -0.05) is 36.4 Å². The number of benzene rings is 2. The third-order valence-electron chi connectivity index (χ3n) is 4.07. The molecule has 0 radical (unpaired) electrons. The molecule has 1 aliphatic rings. The molecule has 3 aromatic rings. The van der Waals surface area contributed by atoms with Crippen molar-refractivity contribution in [1.82, 2.24) is 4.98 Å². The first kappa shape index (κ1) is 18.0. The molecule has 6 heteroatoms. The van der Waals surface area contributed by atoms with Crippen LogP contribution in [0, 0.1) is 0 Å². The van der Waals surface area contributed by atoms with E-state index in [4.69, 9.17) is 9.73 Å². The van der Waals surface area contributed by atoms with Crippen LogP contribution < -0.4 is 9.64 Å². The Hall–Kier alpha value is -3.38. The van der Waals surface area contributed by atoms with Crippen LogP contribution in [0.2, 0.25) is 0 Å². The van der Waals surface area contributed by atoms with Crippen molar-refractivity contribution in [2.45, 2.75) is 0 Å². The number of aromatic nitrogens is 1. The second-order valence-electron chi connectivity index (χ2n) is 5.97. The molecule has 1 amide bonds. The maximum Gasteiger partial charge on any atom is 0.271 e. The maximum atomic E-state index is 13.2. The molecule has 0 unspecified atom stereocenters. The zero-order chi connectivity index (χ0) is 19.3. The Labute approximate surface area is 167 Å². The molecule has 2 heterocycles. The van der Waals surface area contributed by atoms with Crippen LogP contribution >= 0.6 is 11.8 Å². The summed E-state index contributed by atoms with van der Waals surface area (Å²) in [5, 5.41) is 0.615. The molecule has 4 rings (SSSR count). The maximum absolute atomic E-state index is 13.2. The Morgan fingerprint density at radius 2 is 1.75 bits per heavy atom. The van der Waals surface area contributed by atoms with Gasteiger partial charge in [-0.3, -0.25) is 14.7 Å². The highest BCUT2D eigenvalue weighted by Gasteiger charge is 2.34. The Balaban J connectivity index is 1.76. The van der Waals surface area contributed by atoms with Gasteiger partial charge in [0.2, 0.25) is 0 Å². The molecule has 2 aromatic carbocycles. The molecule has 0 saturated carbocycles. The summed E-state index contributed by atoms with van der Waals surface area (Å²) < 4.78 is 5.22. The van der Waals surface area contributed by atoms with Gasteiger partial charge in [-0.15, -0.1) is 0 Å². The van der Waals surface area contributed by atoms with Crippen LogP contribution in [0.1, 0.15) is 5.56 Å². The molecule has 0 bridgehead atoms. The Morgan fingerprint density at radius 1 is 1.04 bits per heavy atom. The number of amidine groups is 1. The number of methoxy groups -OCH3 is 1. The smallest absolute Gasteiger partial charge is 0.271 e. The monoisotopic (exact) mass is 387 g/mol. The second-order valence-corrected chi connectivity index (χ2v) is 6.98. The minimum atomic E-state index is -0.117. The van der Waals surface area contributed by atoms with E-state index in [0.717, 1.165) is 16.9 Å². The number of amides is 1. The SMILES string of the molecule is COc1cncc(/C=C2\SC(=Nc3ccccc3)N(c3ccccc3)C2=O)c1. The van der Waals surface area contributed by atoms with Crippen LogP contribution in [0.15, 0.2) is 89.0 Å². The van der Waals surface area contributed by atoms with Crippen LogP contribution in [0.5, 0.6) is 5.75 Å². The van der Waals surface area contributed by atoms with Gasteiger partial charge >= 0.3 is 0 Å². The molecule has 28 heavy (non-hydrogen) atoms. The van der Waals surface area contributed by atoms with Crippen molar-refractivity contribution in [3.8, 4) is 5.75 Å². The highest BCUT2D eigenvalue weighted by atomic mass is 32.2. The third kappa shape index (κ3) is 3.82.